The highest BCUT2D eigenvalue weighted by atomic mass is 16.5. The largest absolute Gasteiger partial charge is 0.381 e. The minimum Gasteiger partial charge on any atom is -0.381 e. The first kappa shape index (κ1) is 10.0. The predicted molar refractivity (Wildman–Crippen MR) is 52.1 cm³/mol. The van der Waals surface area contributed by atoms with Crippen molar-refractivity contribution in [2.24, 2.45) is 23.7 Å². The summed E-state index contributed by atoms with van der Waals surface area (Å²) in [5.74, 6) is 3.27. The lowest BCUT2D eigenvalue weighted by atomic mass is 9.75. The molecular weight excluding hydrogens is 148 g/mol. The van der Waals surface area contributed by atoms with Crippen molar-refractivity contribution in [3.05, 3.63) is 0 Å². The van der Waals surface area contributed by atoms with E-state index in [-0.39, 0.29) is 0 Å². The first-order chi connectivity index (χ1) is 5.63. The molecule has 0 aliphatic carbocycles. The van der Waals surface area contributed by atoms with Crippen LogP contribution in [-0.4, -0.2) is 13.2 Å². The SMILES string of the molecule is CC(C)C1CCOCC1C(C)C. The molecule has 0 radical (unpaired) electrons. The van der Waals surface area contributed by atoms with Crippen molar-refractivity contribution in [1.29, 1.82) is 0 Å². The van der Waals surface area contributed by atoms with Gasteiger partial charge in [0.15, 0.2) is 0 Å². The van der Waals surface area contributed by atoms with E-state index in [1.807, 2.05) is 0 Å². The van der Waals surface area contributed by atoms with Crippen LogP contribution in [0.4, 0.5) is 0 Å². The fourth-order valence-electron chi connectivity index (χ4n) is 2.29. The van der Waals surface area contributed by atoms with Crippen molar-refractivity contribution in [2.45, 2.75) is 34.1 Å². The fourth-order valence-corrected chi connectivity index (χ4v) is 2.29. The van der Waals surface area contributed by atoms with Gasteiger partial charge in [-0.1, -0.05) is 27.7 Å². The van der Waals surface area contributed by atoms with Gasteiger partial charge in [-0.15, -0.1) is 0 Å². The lowest BCUT2D eigenvalue weighted by Crippen LogP contribution is -2.34. The van der Waals surface area contributed by atoms with Crippen molar-refractivity contribution in [3.63, 3.8) is 0 Å². The number of hydrogen-bond donors (Lipinski definition) is 0. The van der Waals surface area contributed by atoms with Gasteiger partial charge in [-0.2, -0.15) is 0 Å². The second-order valence-electron chi connectivity index (χ2n) is 4.68. The van der Waals surface area contributed by atoms with Gasteiger partial charge in [0, 0.05) is 13.2 Å². The Labute approximate surface area is 76.5 Å². The second-order valence-corrected chi connectivity index (χ2v) is 4.68. The molecule has 72 valence electrons. The van der Waals surface area contributed by atoms with Gasteiger partial charge in [0.05, 0.1) is 0 Å². The molecule has 2 unspecified atom stereocenters. The Hall–Kier alpha value is -0.0400. The van der Waals surface area contributed by atoms with Gasteiger partial charge in [-0.25, -0.2) is 0 Å². The Morgan fingerprint density at radius 1 is 1.00 bits per heavy atom. The molecule has 0 spiro atoms. The van der Waals surface area contributed by atoms with E-state index in [0.717, 1.165) is 36.9 Å². The Balaban J connectivity index is 2.54. The number of rotatable bonds is 2. The van der Waals surface area contributed by atoms with Gasteiger partial charge in [0.25, 0.3) is 0 Å². The third-order valence-corrected chi connectivity index (χ3v) is 3.17. The Bertz CT molecular complexity index is 113. The first-order valence-electron chi connectivity index (χ1n) is 5.20. The Morgan fingerprint density at radius 3 is 2.00 bits per heavy atom. The quantitative estimate of drug-likeness (QED) is 0.619. The summed E-state index contributed by atoms with van der Waals surface area (Å²) in [5.41, 5.74) is 0. The number of ether oxygens (including phenoxy) is 1. The molecule has 1 aliphatic heterocycles. The van der Waals surface area contributed by atoms with Gasteiger partial charge < -0.3 is 4.74 Å². The average Bonchev–Trinajstić information content (AvgIpc) is 2.04. The Morgan fingerprint density at radius 2 is 1.58 bits per heavy atom. The number of hydrogen-bond acceptors (Lipinski definition) is 1. The third kappa shape index (κ3) is 2.22. The maximum Gasteiger partial charge on any atom is 0.0499 e. The van der Waals surface area contributed by atoms with Crippen LogP contribution in [0.1, 0.15) is 34.1 Å². The van der Waals surface area contributed by atoms with Crippen LogP contribution in [-0.2, 0) is 4.74 Å². The van der Waals surface area contributed by atoms with Crippen molar-refractivity contribution in [3.8, 4) is 0 Å². The standard InChI is InChI=1S/C11H22O/c1-8(2)10-5-6-12-7-11(10)9(3)4/h8-11H,5-7H2,1-4H3. The van der Waals surface area contributed by atoms with E-state index in [1.54, 1.807) is 0 Å². The monoisotopic (exact) mass is 170 g/mol. The summed E-state index contributed by atoms with van der Waals surface area (Å²) in [4.78, 5) is 0. The summed E-state index contributed by atoms with van der Waals surface area (Å²) < 4.78 is 5.52. The summed E-state index contributed by atoms with van der Waals surface area (Å²) in [6.07, 6.45) is 1.26. The van der Waals surface area contributed by atoms with E-state index in [1.165, 1.54) is 6.42 Å². The van der Waals surface area contributed by atoms with E-state index in [0.29, 0.717) is 0 Å². The third-order valence-electron chi connectivity index (χ3n) is 3.17. The fraction of sp³-hybridized carbons (Fsp3) is 1.00. The Kier molecular flexibility index (Phi) is 3.57. The molecule has 12 heavy (non-hydrogen) atoms. The molecule has 0 amide bonds. The molecular formula is C11H22O. The van der Waals surface area contributed by atoms with E-state index in [9.17, 15) is 0 Å². The smallest absolute Gasteiger partial charge is 0.0499 e. The molecule has 0 bridgehead atoms. The second kappa shape index (κ2) is 4.27. The van der Waals surface area contributed by atoms with Crippen LogP contribution in [0.5, 0.6) is 0 Å². The first-order valence-corrected chi connectivity index (χ1v) is 5.20. The van der Waals surface area contributed by atoms with Crippen molar-refractivity contribution >= 4 is 0 Å². The van der Waals surface area contributed by atoms with E-state index >= 15 is 0 Å². The molecule has 0 aromatic rings. The normalized spacial score (nSPS) is 31.5. The van der Waals surface area contributed by atoms with Crippen molar-refractivity contribution < 1.29 is 4.74 Å². The minimum absolute atomic E-state index is 0.776. The molecule has 0 N–H and O–H groups in total. The van der Waals surface area contributed by atoms with Crippen molar-refractivity contribution in [1.82, 2.24) is 0 Å². The summed E-state index contributed by atoms with van der Waals surface area (Å²) in [5, 5.41) is 0. The van der Waals surface area contributed by atoms with Crippen molar-refractivity contribution in [2.75, 3.05) is 13.2 Å². The predicted octanol–water partition coefficient (Wildman–Crippen LogP) is 2.95. The average molecular weight is 170 g/mol. The highest BCUT2D eigenvalue weighted by Gasteiger charge is 2.29. The lowest BCUT2D eigenvalue weighted by molar-refractivity contribution is -0.0177. The van der Waals surface area contributed by atoms with E-state index in [4.69, 9.17) is 4.74 Å². The maximum absolute atomic E-state index is 5.52. The molecule has 2 atom stereocenters. The lowest BCUT2D eigenvalue weighted by Gasteiger charge is -2.36. The molecule has 0 aromatic carbocycles. The van der Waals surface area contributed by atoms with Crippen LogP contribution in [0.15, 0.2) is 0 Å². The van der Waals surface area contributed by atoms with Gasteiger partial charge in [0.1, 0.15) is 0 Å². The van der Waals surface area contributed by atoms with Crippen LogP contribution in [0.2, 0.25) is 0 Å². The summed E-state index contributed by atoms with van der Waals surface area (Å²) in [6, 6.07) is 0. The molecule has 1 heterocycles. The highest BCUT2D eigenvalue weighted by molar-refractivity contribution is 4.78. The van der Waals surface area contributed by atoms with E-state index < -0.39 is 0 Å². The van der Waals surface area contributed by atoms with Gasteiger partial charge in [-0.05, 0) is 30.1 Å². The molecule has 1 heteroatoms. The zero-order chi connectivity index (χ0) is 9.14. The zero-order valence-corrected chi connectivity index (χ0v) is 8.84. The van der Waals surface area contributed by atoms with Crippen LogP contribution >= 0.6 is 0 Å². The van der Waals surface area contributed by atoms with E-state index in [2.05, 4.69) is 27.7 Å². The van der Waals surface area contributed by atoms with Crippen LogP contribution in [0.25, 0.3) is 0 Å². The van der Waals surface area contributed by atoms with Gasteiger partial charge >= 0.3 is 0 Å². The van der Waals surface area contributed by atoms with Gasteiger partial charge in [0.2, 0.25) is 0 Å². The summed E-state index contributed by atoms with van der Waals surface area (Å²) >= 11 is 0. The molecule has 0 aromatic heterocycles. The summed E-state index contributed by atoms with van der Waals surface area (Å²) in [6.45, 7) is 11.3. The minimum atomic E-state index is 0.776. The summed E-state index contributed by atoms with van der Waals surface area (Å²) in [7, 11) is 0. The highest BCUT2D eigenvalue weighted by Crippen LogP contribution is 2.33. The topological polar surface area (TPSA) is 9.23 Å². The molecule has 0 saturated carbocycles. The maximum atomic E-state index is 5.52. The van der Waals surface area contributed by atoms with Crippen LogP contribution in [0.3, 0.4) is 0 Å². The van der Waals surface area contributed by atoms with Crippen LogP contribution in [0, 0.1) is 23.7 Å². The molecule has 1 aliphatic rings. The zero-order valence-electron chi connectivity index (χ0n) is 8.84. The molecule has 1 fully saturated rings. The molecule has 1 nitrogen and oxygen atoms in total. The molecule has 1 rings (SSSR count). The molecule has 1 saturated heterocycles. The van der Waals surface area contributed by atoms with Gasteiger partial charge in [-0.3, -0.25) is 0 Å². The van der Waals surface area contributed by atoms with Crippen LogP contribution < -0.4 is 0 Å².